The molecule has 0 saturated carbocycles. The van der Waals surface area contributed by atoms with Crippen molar-refractivity contribution in [2.75, 3.05) is 19.0 Å². The van der Waals surface area contributed by atoms with E-state index < -0.39 is 0 Å². The molecule has 0 aliphatic carbocycles. The van der Waals surface area contributed by atoms with Gasteiger partial charge in [-0.1, -0.05) is 13.8 Å². The van der Waals surface area contributed by atoms with E-state index in [1.807, 2.05) is 18.6 Å². The van der Waals surface area contributed by atoms with Gasteiger partial charge in [0.1, 0.15) is 11.5 Å². The second-order valence-electron chi connectivity index (χ2n) is 7.14. The van der Waals surface area contributed by atoms with Crippen molar-refractivity contribution < 1.29 is 0 Å². The molecule has 5 nitrogen and oxygen atoms in total. The van der Waals surface area contributed by atoms with Crippen molar-refractivity contribution in [2.24, 2.45) is 0 Å². The Kier molecular flexibility index (Phi) is 4.58. The van der Waals surface area contributed by atoms with E-state index in [0.717, 1.165) is 47.1 Å². The number of anilines is 1. The number of aromatic amines is 1. The Balaban J connectivity index is 2.29. The van der Waals surface area contributed by atoms with Crippen LogP contribution in [0.3, 0.4) is 0 Å². The van der Waals surface area contributed by atoms with Gasteiger partial charge in [0.05, 0.1) is 17.1 Å². The highest BCUT2D eigenvalue weighted by molar-refractivity contribution is 5.71. The maximum absolute atomic E-state index is 4.91. The third-order valence-corrected chi connectivity index (χ3v) is 5.05. The van der Waals surface area contributed by atoms with Crippen molar-refractivity contribution in [3.8, 4) is 11.4 Å². The van der Waals surface area contributed by atoms with Gasteiger partial charge in [-0.3, -0.25) is 0 Å². The number of nitrogens with zero attached hydrogens (tertiary/aromatic N) is 4. The standard InChI is InChI=1S/C20H29N5/c1-8-15(9-2)16-11-13(4)23-25-19(14(5)21-20(16)25)18-12(3)10-17(22-18)24(6)7/h10-11,15,22H,8-9H2,1-7H3. The Morgan fingerprint density at radius 3 is 2.36 bits per heavy atom. The monoisotopic (exact) mass is 339 g/mol. The number of fused-ring (bicyclic) bond motifs is 1. The predicted molar refractivity (Wildman–Crippen MR) is 105 cm³/mol. The molecule has 0 bridgehead atoms. The minimum absolute atomic E-state index is 0.515. The lowest BCUT2D eigenvalue weighted by Crippen LogP contribution is -2.08. The van der Waals surface area contributed by atoms with Crippen LogP contribution < -0.4 is 4.90 Å². The third-order valence-electron chi connectivity index (χ3n) is 5.05. The zero-order valence-electron chi connectivity index (χ0n) is 16.4. The van der Waals surface area contributed by atoms with Crippen LogP contribution in [0.25, 0.3) is 17.0 Å². The van der Waals surface area contributed by atoms with Crippen molar-refractivity contribution in [1.82, 2.24) is 19.6 Å². The van der Waals surface area contributed by atoms with Gasteiger partial charge in [-0.2, -0.15) is 5.10 Å². The molecule has 3 aromatic rings. The van der Waals surface area contributed by atoms with Gasteiger partial charge in [-0.05, 0) is 57.2 Å². The fourth-order valence-corrected chi connectivity index (χ4v) is 3.62. The first-order valence-corrected chi connectivity index (χ1v) is 9.11. The van der Waals surface area contributed by atoms with E-state index in [2.05, 4.69) is 56.6 Å². The molecular weight excluding hydrogens is 310 g/mol. The van der Waals surface area contributed by atoms with Crippen molar-refractivity contribution in [3.63, 3.8) is 0 Å². The largest absolute Gasteiger partial charge is 0.364 e. The molecule has 0 spiro atoms. The molecular formula is C20H29N5. The van der Waals surface area contributed by atoms with Crippen LogP contribution in [0.5, 0.6) is 0 Å². The molecule has 1 N–H and O–H groups in total. The quantitative estimate of drug-likeness (QED) is 0.738. The van der Waals surface area contributed by atoms with Crippen molar-refractivity contribution in [2.45, 2.75) is 53.4 Å². The van der Waals surface area contributed by atoms with Crippen molar-refractivity contribution in [3.05, 3.63) is 34.6 Å². The summed E-state index contributed by atoms with van der Waals surface area (Å²) in [5, 5.41) is 4.80. The minimum atomic E-state index is 0.515. The maximum Gasteiger partial charge on any atom is 0.158 e. The van der Waals surface area contributed by atoms with Crippen molar-refractivity contribution in [1.29, 1.82) is 0 Å². The van der Waals surface area contributed by atoms with E-state index >= 15 is 0 Å². The van der Waals surface area contributed by atoms with Gasteiger partial charge >= 0.3 is 0 Å². The van der Waals surface area contributed by atoms with E-state index in [1.54, 1.807) is 0 Å². The van der Waals surface area contributed by atoms with E-state index in [0.29, 0.717) is 5.92 Å². The Bertz CT molecular complexity index is 897. The Morgan fingerprint density at radius 2 is 1.80 bits per heavy atom. The first kappa shape index (κ1) is 17.5. The van der Waals surface area contributed by atoms with Crippen LogP contribution in [0.2, 0.25) is 0 Å². The Labute approximate surface area is 150 Å². The number of hydrogen-bond acceptors (Lipinski definition) is 3. The molecule has 0 amide bonds. The summed E-state index contributed by atoms with van der Waals surface area (Å²) in [7, 11) is 4.09. The highest BCUT2D eigenvalue weighted by Gasteiger charge is 2.21. The van der Waals surface area contributed by atoms with Gasteiger partial charge in [0.15, 0.2) is 5.65 Å². The van der Waals surface area contributed by atoms with Crippen LogP contribution in [0, 0.1) is 20.8 Å². The summed E-state index contributed by atoms with van der Waals surface area (Å²) in [6, 6.07) is 4.38. The summed E-state index contributed by atoms with van der Waals surface area (Å²) in [6.45, 7) is 10.8. The third kappa shape index (κ3) is 2.92. The molecule has 3 aromatic heterocycles. The number of aromatic nitrogens is 4. The molecule has 25 heavy (non-hydrogen) atoms. The highest BCUT2D eigenvalue weighted by atomic mass is 15.3. The molecule has 134 valence electrons. The summed E-state index contributed by atoms with van der Waals surface area (Å²) >= 11 is 0. The number of hydrogen-bond donors (Lipinski definition) is 1. The predicted octanol–water partition coefficient (Wildman–Crippen LogP) is 4.62. The van der Waals surface area contributed by atoms with Crippen molar-refractivity contribution >= 4 is 11.5 Å². The number of aryl methyl sites for hydroxylation is 3. The van der Waals surface area contributed by atoms with Crippen LogP contribution in [-0.4, -0.2) is 33.7 Å². The summed E-state index contributed by atoms with van der Waals surface area (Å²) in [5.41, 5.74) is 7.72. The molecule has 3 heterocycles. The SMILES string of the molecule is CCC(CC)c1cc(C)nn2c(-c3[nH]c(N(C)C)cc3C)c(C)nc12. The smallest absolute Gasteiger partial charge is 0.158 e. The van der Waals surface area contributed by atoms with Crippen LogP contribution >= 0.6 is 0 Å². The molecule has 0 atom stereocenters. The zero-order chi connectivity index (χ0) is 18.3. The summed E-state index contributed by atoms with van der Waals surface area (Å²) in [5.74, 6) is 1.61. The molecule has 5 heteroatoms. The van der Waals surface area contributed by atoms with Gasteiger partial charge in [0, 0.05) is 19.7 Å². The number of nitrogens with one attached hydrogen (secondary N) is 1. The average Bonchev–Trinajstić information content (AvgIpc) is 3.08. The van der Waals surface area contributed by atoms with E-state index in [-0.39, 0.29) is 0 Å². The lowest BCUT2D eigenvalue weighted by molar-refractivity contribution is 0.638. The zero-order valence-corrected chi connectivity index (χ0v) is 16.4. The van der Waals surface area contributed by atoms with E-state index in [1.165, 1.54) is 11.1 Å². The molecule has 0 saturated heterocycles. The second-order valence-corrected chi connectivity index (χ2v) is 7.14. The molecule has 0 radical (unpaired) electrons. The highest BCUT2D eigenvalue weighted by Crippen LogP contribution is 2.33. The number of H-pyrrole nitrogens is 1. The molecule has 3 rings (SSSR count). The summed E-state index contributed by atoms with van der Waals surface area (Å²) < 4.78 is 2.04. The fraction of sp³-hybridized carbons (Fsp3) is 0.500. The second kappa shape index (κ2) is 6.54. The van der Waals surface area contributed by atoms with Crippen LogP contribution in [0.15, 0.2) is 12.1 Å². The molecule has 0 unspecified atom stereocenters. The van der Waals surface area contributed by atoms with Crippen LogP contribution in [0.1, 0.15) is 55.1 Å². The van der Waals surface area contributed by atoms with E-state index in [9.17, 15) is 0 Å². The minimum Gasteiger partial charge on any atom is -0.364 e. The number of rotatable bonds is 5. The van der Waals surface area contributed by atoms with Gasteiger partial charge in [-0.15, -0.1) is 0 Å². The molecule has 0 aromatic carbocycles. The molecule has 0 aliphatic rings. The van der Waals surface area contributed by atoms with Gasteiger partial charge in [-0.25, -0.2) is 9.50 Å². The Hall–Kier alpha value is -2.30. The first-order chi connectivity index (χ1) is 11.9. The topological polar surface area (TPSA) is 49.2 Å². The van der Waals surface area contributed by atoms with E-state index in [4.69, 9.17) is 10.1 Å². The summed E-state index contributed by atoms with van der Waals surface area (Å²) in [6.07, 6.45) is 2.23. The first-order valence-electron chi connectivity index (χ1n) is 9.11. The molecule has 0 aliphatic heterocycles. The van der Waals surface area contributed by atoms with Gasteiger partial charge in [0.25, 0.3) is 0 Å². The fourth-order valence-electron chi connectivity index (χ4n) is 3.62. The summed E-state index contributed by atoms with van der Waals surface area (Å²) in [4.78, 5) is 10.5. The lowest BCUT2D eigenvalue weighted by Gasteiger charge is -2.14. The van der Waals surface area contributed by atoms with Crippen LogP contribution in [-0.2, 0) is 0 Å². The van der Waals surface area contributed by atoms with Gasteiger partial charge < -0.3 is 9.88 Å². The number of imidazole rings is 1. The lowest BCUT2D eigenvalue weighted by atomic mass is 9.95. The van der Waals surface area contributed by atoms with Crippen LogP contribution in [0.4, 0.5) is 5.82 Å². The molecule has 0 fully saturated rings. The maximum atomic E-state index is 4.91. The normalized spacial score (nSPS) is 11.7. The van der Waals surface area contributed by atoms with Gasteiger partial charge in [0.2, 0.25) is 0 Å². The Morgan fingerprint density at radius 1 is 1.12 bits per heavy atom. The average molecular weight is 339 g/mol.